The van der Waals surface area contributed by atoms with Crippen LogP contribution in [-0.2, 0) is 0 Å². The van der Waals surface area contributed by atoms with Crippen LogP contribution in [0.1, 0.15) is 21.5 Å². The Balaban J connectivity index is 2.29. The molecule has 0 heterocycles. The van der Waals surface area contributed by atoms with Gasteiger partial charge in [0.2, 0.25) is 0 Å². The van der Waals surface area contributed by atoms with E-state index < -0.39 is 0 Å². The largest absolute Gasteiger partial charge is 0.496 e. The zero-order valence-corrected chi connectivity index (χ0v) is 14.1. The topological polar surface area (TPSA) is 76.4 Å². The molecule has 4 N–H and O–H groups in total. The number of aryl methyl sites for hydroxylation is 2. The second-order valence-electron chi connectivity index (χ2n) is 5.13. The molecule has 1 amide bonds. The molecule has 2 aromatic rings. The summed E-state index contributed by atoms with van der Waals surface area (Å²) < 4.78 is 5.23. The quantitative estimate of drug-likeness (QED) is 0.751. The van der Waals surface area contributed by atoms with Crippen molar-refractivity contribution in [3.05, 3.63) is 53.1 Å². The number of rotatable bonds is 4. The summed E-state index contributed by atoms with van der Waals surface area (Å²) in [5.74, 6) is 0.316. The fourth-order valence-electron chi connectivity index (χ4n) is 2.39. The first-order valence-electron chi connectivity index (χ1n) is 7.04. The second kappa shape index (κ2) is 7.11. The zero-order chi connectivity index (χ0) is 17.0. The molecule has 6 heteroatoms. The van der Waals surface area contributed by atoms with Crippen LogP contribution < -0.4 is 21.1 Å². The first-order valence-corrected chi connectivity index (χ1v) is 7.45. The van der Waals surface area contributed by atoms with Gasteiger partial charge < -0.3 is 21.1 Å². The van der Waals surface area contributed by atoms with Gasteiger partial charge in [-0.1, -0.05) is 12.1 Å². The Morgan fingerprint density at radius 2 is 1.74 bits per heavy atom. The number of methoxy groups -OCH3 is 1. The van der Waals surface area contributed by atoms with Crippen LogP contribution in [0.5, 0.6) is 5.75 Å². The lowest BCUT2D eigenvalue weighted by atomic mass is 10.1. The number of anilines is 2. The van der Waals surface area contributed by atoms with E-state index in [0.29, 0.717) is 11.3 Å². The molecule has 0 fully saturated rings. The van der Waals surface area contributed by atoms with Gasteiger partial charge in [-0.15, -0.1) is 0 Å². The van der Waals surface area contributed by atoms with Crippen molar-refractivity contribution in [2.24, 2.45) is 5.73 Å². The monoisotopic (exact) mass is 329 g/mol. The number of carbonyl (C=O) groups excluding carboxylic acids is 1. The molecule has 0 aliphatic heterocycles. The number of carbonyl (C=O) groups is 1. The van der Waals surface area contributed by atoms with Crippen molar-refractivity contribution in [2.45, 2.75) is 13.8 Å². The lowest BCUT2D eigenvalue weighted by Crippen LogP contribution is -2.19. The van der Waals surface area contributed by atoms with Crippen LogP contribution in [-0.4, -0.2) is 18.1 Å². The minimum absolute atomic E-state index is 0.203. The first-order chi connectivity index (χ1) is 10.9. The number of hydrogen-bond acceptors (Lipinski definition) is 3. The zero-order valence-electron chi connectivity index (χ0n) is 13.3. The number of benzene rings is 2. The van der Waals surface area contributed by atoms with Crippen LogP contribution >= 0.6 is 12.2 Å². The summed E-state index contributed by atoms with van der Waals surface area (Å²) in [6.45, 7) is 3.82. The molecule has 0 saturated heterocycles. The first kappa shape index (κ1) is 16.8. The van der Waals surface area contributed by atoms with Crippen molar-refractivity contribution in [3.8, 4) is 5.75 Å². The summed E-state index contributed by atoms with van der Waals surface area (Å²) in [5, 5.41) is 6.04. The van der Waals surface area contributed by atoms with Gasteiger partial charge >= 0.3 is 0 Å². The molecule has 0 spiro atoms. The van der Waals surface area contributed by atoms with E-state index in [9.17, 15) is 4.79 Å². The Morgan fingerprint density at radius 3 is 2.30 bits per heavy atom. The highest BCUT2D eigenvalue weighted by Crippen LogP contribution is 2.26. The second-order valence-corrected chi connectivity index (χ2v) is 5.57. The highest BCUT2D eigenvalue weighted by Gasteiger charge is 2.14. The minimum atomic E-state index is -0.219. The predicted molar refractivity (Wildman–Crippen MR) is 97.3 cm³/mol. The normalized spacial score (nSPS) is 10.0. The Kier molecular flexibility index (Phi) is 5.18. The highest BCUT2D eigenvalue weighted by atomic mass is 32.1. The van der Waals surface area contributed by atoms with Gasteiger partial charge in [-0.05, 0) is 61.5 Å². The van der Waals surface area contributed by atoms with Gasteiger partial charge in [-0.2, -0.15) is 0 Å². The Labute approximate surface area is 140 Å². The van der Waals surface area contributed by atoms with Crippen LogP contribution in [0.2, 0.25) is 0 Å². The molecule has 0 aliphatic rings. The van der Waals surface area contributed by atoms with Gasteiger partial charge in [-0.3, -0.25) is 4.79 Å². The van der Waals surface area contributed by atoms with E-state index in [1.807, 2.05) is 32.0 Å². The van der Waals surface area contributed by atoms with Crippen LogP contribution in [0, 0.1) is 13.8 Å². The highest BCUT2D eigenvalue weighted by molar-refractivity contribution is 7.80. The van der Waals surface area contributed by atoms with Crippen molar-refractivity contribution in [1.29, 1.82) is 0 Å². The number of amides is 1. The van der Waals surface area contributed by atoms with Crippen LogP contribution in [0.4, 0.5) is 11.4 Å². The SMILES string of the molecule is COc1ccccc1C(=O)Nc1c(C)cc(NC(N)=S)cc1C. The van der Waals surface area contributed by atoms with Gasteiger partial charge in [0.05, 0.1) is 12.7 Å². The van der Waals surface area contributed by atoms with Crippen LogP contribution in [0.15, 0.2) is 36.4 Å². The average molecular weight is 329 g/mol. The Morgan fingerprint density at radius 1 is 1.13 bits per heavy atom. The lowest BCUT2D eigenvalue weighted by Gasteiger charge is -2.15. The van der Waals surface area contributed by atoms with Crippen LogP contribution in [0.3, 0.4) is 0 Å². The average Bonchev–Trinajstić information content (AvgIpc) is 2.50. The maximum absolute atomic E-state index is 12.5. The molecule has 2 aromatic carbocycles. The number of nitrogens with one attached hydrogen (secondary N) is 2. The maximum atomic E-state index is 12.5. The van der Waals surface area contributed by atoms with Crippen molar-refractivity contribution >= 4 is 34.6 Å². The fraction of sp³-hybridized carbons (Fsp3) is 0.176. The molecule has 2 rings (SSSR count). The summed E-state index contributed by atoms with van der Waals surface area (Å²) in [7, 11) is 1.54. The Bertz CT molecular complexity index is 736. The van der Waals surface area contributed by atoms with Gasteiger partial charge in [0, 0.05) is 11.4 Å². The van der Waals surface area contributed by atoms with E-state index in [1.54, 1.807) is 25.3 Å². The Hall–Kier alpha value is -2.60. The molecule has 0 bridgehead atoms. The van der Waals surface area contributed by atoms with Gasteiger partial charge in [0.15, 0.2) is 5.11 Å². The van der Waals surface area contributed by atoms with Gasteiger partial charge in [0.25, 0.3) is 5.91 Å². The summed E-state index contributed by atoms with van der Waals surface area (Å²) in [5.41, 5.74) is 9.34. The summed E-state index contributed by atoms with van der Waals surface area (Å²) in [6.07, 6.45) is 0. The molecular weight excluding hydrogens is 310 g/mol. The van der Waals surface area contributed by atoms with Crippen molar-refractivity contribution in [3.63, 3.8) is 0 Å². The number of nitrogens with two attached hydrogens (primary N) is 1. The third-order valence-electron chi connectivity index (χ3n) is 3.39. The molecule has 0 atom stereocenters. The molecule has 120 valence electrons. The van der Waals surface area contributed by atoms with Crippen molar-refractivity contribution in [2.75, 3.05) is 17.7 Å². The van der Waals surface area contributed by atoms with E-state index >= 15 is 0 Å². The molecule has 5 nitrogen and oxygen atoms in total. The predicted octanol–water partition coefficient (Wildman–Crippen LogP) is 3.22. The lowest BCUT2D eigenvalue weighted by molar-refractivity contribution is 0.102. The number of hydrogen-bond donors (Lipinski definition) is 3. The van der Waals surface area contributed by atoms with E-state index in [1.165, 1.54) is 0 Å². The number of para-hydroxylation sites is 1. The number of thiocarbonyl (C=S) groups is 1. The van der Waals surface area contributed by atoms with Crippen molar-refractivity contribution < 1.29 is 9.53 Å². The fourth-order valence-corrected chi connectivity index (χ4v) is 2.51. The minimum Gasteiger partial charge on any atom is -0.496 e. The van der Waals surface area contributed by atoms with E-state index in [0.717, 1.165) is 22.5 Å². The molecule has 0 unspecified atom stereocenters. The smallest absolute Gasteiger partial charge is 0.259 e. The maximum Gasteiger partial charge on any atom is 0.259 e. The van der Waals surface area contributed by atoms with Gasteiger partial charge in [0.1, 0.15) is 5.75 Å². The van der Waals surface area contributed by atoms with Crippen molar-refractivity contribution in [1.82, 2.24) is 0 Å². The third kappa shape index (κ3) is 3.98. The molecular formula is C17H19N3O2S. The van der Waals surface area contributed by atoms with E-state index in [2.05, 4.69) is 10.6 Å². The molecule has 0 radical (unpaired) electrons. The molecule has 0 aliphatic carbocycles. The van der Waals surface area contributed by atoms with E-state index in [-0.39, 0.29) is 11.0 Å². The molecule has 0 aromatic heterocycles. The summed E-state index contributed by atoms with van der Waals surface area (Å²) in [4.78, 5) is 12.5. The summed E-state index contributed by atoms with van der Waals surface area (Å²) >= 11 is 4.84. The van der Waals surface area contributed by atoms with E-state index in [4.69, 9.17) is 22.7 Å². The summed E-state index contributed by atoms with van der Waals surface area (Å²) in [6, 6.07) is 10.9. The van der Waals surface area contributed by atoms with Gasteiger partial charge in [-0.25, -0.2) is 0 Å². The standard InChI is InChI=1S/C17H19N3O2S/c1-10-8-12(19-17(18)23)9-11(2)15(10)20-16(21)13-6-4-5-7-14(13)22-3/h4-9H,1-3H3,(H,20,21)(H3,18,19,23). The third-order valence-corrected chi connectivity index (χ3v) is 3.49. The number of ether oxygens (including phenoxy) is 1. The van der Waals surface area contributed by atoms with Crippen LogP contribution in [0.25, 0.3) is 0 Å². The molecule has 23 heavy (non-hydrogen) atoms. The molecule has 0 saturated carbocycles.